The fraction of sp³-hybridized carbons (Fsp3) is 0.667. The largest absolute Gasteiger partial charge is 0.292 e. The van der Waals surface area contributed by atoms with Gasteiger partial charge in [0.25, 0.3) is 0 Å². The van der Waals surface area contributed by atoms with Gasteiger partial charge in [-0.2, -0.15) is 0 Å². The van der Waals surface area contributed by atoms with Gasteiger partial charge in [0, 0.05) is 5.41 Å². The third-order valence-corrected chi connectivity index (χ3v) is 5.93. The van der Waals surface area contributed by atoms with Gasteiger partial charge in [0.1, 0.15) is 5.38 Å². The number of hydrogen-bond donors (Lipinski definition) is 0. The standard InChI is InChI=1S/C12H16ClNO4S/c1-6-5-19(17,18)11-7(13)10(16)14(11)8(6)9(15)12(2,3)4/h7,11H,5H2,1-4H3/t7-,11?/m0/s1. The van der Waals surface area contributed by atoms with Gasteiger partial charge in [0.05, 0.1) is 11.4 Å². The first-order valence-electron chi connectivity index (χ1n) is 5.92. The van der Waals surface area contributed by atoms with E-state index in [9.17, 15) is 18.0 Å². The number of nitrogens with zero attached hydrogens (tertiary/aromatic N) is 1. The SMILES string of the molecule is CC1=C(C(=O)C(C)(C)C)N2C(=O)[C@H](Cl)C2S(=O)(=O)C1. The van der Waals surface area contributed by atoms with Crippen LogP contribution in [0.25, 0.3) is 0 Å². The van der Waals surface area contributed by atoms with Gasteiger partial charge in [0.15, 0.2) is 21.0 Å². The second kappa shape index (κ2) is 4.06. The number of alkyl halides is 1. The average molecular weight is 306 g/mol. The van der Waals surface area contributed by atoms with Crippen molar-refractivity contribution < 1.29 is 18.0 Å². The number of rotatable bonds is 1. The van der Waals surface area contributed by atoms with Crippen molar-refractivity contribution in [3.05, 3.63) is 11.3 Å². The quantitative estimate of drug-likeness (QED) is 0.537. The third kappa shape index (κ3) is 2.01. The smallest absolute Gasteiger partial charge is 0.249 e. The van der Waals surface area contributed by atoms with Crippen molar-refractivity contribution in [2.24, 2.45) is 5.41 Å². The number of amides is 1. The molecule has 0 spiro atoms. The van der Waals surface area contributed by atoms with E-state index < -0.39 is 31.9 Å². The number of β-lactam (4-membered cyclic amide) rings is 1. The van der Waals surface area contributed by atoms with Crippen LogP contribution in [0, 0.1) is 5.41 Å². The monoisotopic (exact) mass is 305 g/mol. The van der Waals surface area contributed by atoms with Gasteiger partial charge in [-0.3, -0.25) is 14.5 Å². The summed E-state index contributed by atoms with van der Waals surface area (Å²) in [6.07, 6.45) is 0. The average Bonchev–Trinajstić information content (AvgIpc) is 2.24. The normalized spacial score (nSPS) is 29.9. The van der Waals surface area contributed by atoms with Crippen LogP contribution in [-0.2, 0) is 19.4 Å². The number of halogens is 1. The number of carbonyl (C=O) groups excluding carboxylic acids is 2. The molecule has 0 aromatic rings. The molecular formula is C12H16ClNO4S. The molecule has 7 heteroatoms. The molecule has 0 aromatic carbocycles. The summed E-state index contributed by atoms with van der Waals surface area (Å²) in [5, 5.41) is -2.17. The summed E-state index contributed by atoms with van der Waals surface area (Å²) in [6.45, 7) is 6.77. The Morgan fingerprint density at radius 3 is 2.37 bits per heavy atom. The molecule has 0 aromatic heterocycles. The zero-order valence-electron chi connectivity index (χ0n) is 11.2. The molecule has 2 atom stereocenters. The molecule has 0 N–H and O–H groups in total. The lowest BCUT2D eigenvalue weighted by Gasteiger charge is -2.48. The predicted molar refractivity (Wildman–Crippen MR) is 71.2 cm³/mol. The van der Waals surface area contributed by atoms with Crippen LogP contribution in [-0.4, -0.2) is 41.5 Å². The van der Waals surface area contributed by atoms with E-state index >= 15 is 0 Å². The molecule has 1 unspecified atom stereocenters. The zero-order chi connectivity index (χ0) is 14.7. The summed E-state index contributed by atoms with van der Waals surface area (Å²) in [7, 11) is -3.50. The van der Waals surface area contributed by atoms with Crippen LogP contribution in [0.5, 0.6) is 0 Å². The van der Waals surface area contributed by atoms with E-state index in [4.69, 9.17) is 11.6 Å². The van der Waals surface area contributed by atoms with E-state index in [1.54, 1.807) is 27.7 Å². The molecule has 106 valence electrons. The first-order chi connectivity index (χ1) is 8.48. The van der Waals surface area contributed by atoms with Crippen molar-refractivity contribution in [3.8, 4) is 0 Å². The maximum Gasteiger partial charge on any atom is 0.249 e. The maximum atomic E-state index is 12.4. The van der Waals surface area contributed by atoms with Gasteiger partial charge in [-0.05, 0) is 12.5 Å². The lowest BCUT2D eigenvalue weighted by atomic mass is 9.86. The molecule has 2 aliphatic rings. The molecule has 5 nitrogen and oxygen atoms in total. The Labute approximate surface area is 117 Å². The number of sulfone groups is 1. The molecule has 2 heterocycles. The second-order valence-corrected chi connectivity index (χ2v) is 8.58. The first-order valence-corrected chi connectivity index (χ1v) is 8.07. The van der Waals surface area contributed by atoms with Gasteiger partial charge in [-0.1, -0.05) is 20.8 Å². The third-order valence-electron chi connectivity index (χ3n) is 3.31. The fourth-order valence-corrected chi connectivity index (χ4v) is 4.94. The fourth-order valence-electron chi connectivity index (χ4n) is 2.33. The lowest BCUT2D eigenvalue weighted by molar-refractivity contribution is -0.142. The molecule has 0 bridgehead atoms. The minimum absolute atomic E-state index is 0.203. The number of allylic oxidation sites excluding steroid dienone is 1. The zero-order valence-corrected chi connectivity index (χ0v) is 12.8. The highest BCUT2D eigenvalue weighted by atomic mass is 35.5. The minimum Gasteiger partial charge on any atom is -0.292 e. The van der Waals surface area contributed by atoms with Gasteiger partial charge in [0.2, 0.25) is 5.91 Å². The minimum atomic E-state index is -3.50. The molecule has 2 rings (SSSR count). The van der Waals surface area contributed by atoms with E-state index in [1.165, 1.54) is 0 Å². The summed E-state index contributed by atoms with van der Waals surface area (Å²) in [5.41, 5.74) is -0.0674. The first kappa shape index (κ1) is 14.5. The van der Waals surface area contributed by atoms with E-state index in [1.807, 2.05) is 0 Å². The Hall–Kier alpha value is -0.880. The molecule has 1 amide bonds. The van der Waals surface area contributed by atoms with Crippen molar-refractivity contribution in [3.63, 3.8) is 0 Å². The molecular weight excluding hydrogens is 290 g/mol. The lowest BCUT2D eigenvalue weighted by Crippen LogP contribution is -2.68. The Morgan fingerprint density at radius 1 is 1.37 bits per heavy atom. The maximum absolute atomic E-state index is 12.4. The topological polar surface area (TPSA) is 71.5 Å². The van der Waals surface area contributed by atoms with Crippen LogP contribution in [0.2, 0.25) is 0 Å². The van der Waals surface area contributed by atoms with Crippen LogP contribution in [0.3, 0.4) is 0 Å². The number of carbonyl (C=O) groups is 2. The summed E-state index contributed by atoms with van der Waals surface area (Å²) in [4.78, 5) is 25.3. The molecule has 0 radical (unpaired) electrons. The second-order valence-electron chi connectivity index (χ2n) is 6.02. The van der Waals surface area contributed by atoms with Gasteiger partial charge in [-0.25, -0.2) is 8.42 Å². The van der Waals surface area contributed by atoms with E-state index in [0.29, 0.717) is 5.57 Å². The molecule has 2 aliphatic heterocycles. The summed E-state index contributed by atoms with van der Waals surface area (Å²) >= 11 is 5.79. The number of fused-ring (bicyclic) bond motifs is 1. The molecule has 19 heavy (non-hydrogen) atoms. The molecule has 0 aliphatic carbocycles. The van der Waals surface area contributed by atoms with Crippen LogP contribution in [0.1, 0.15) is 27.7 Å². The number of ketones is 1. The molecule has 0 saturated carbocycles. The van der Waals surface area contributed by atoms with Crippen LogP contribution >= 0.6 is 11.6 Å². The molecule has 1 saturated heterocycles. The Balaban J connectivity index is 2.55. The number of Topliss-reactive ketones (excluding diaryl/α,β-unsaturated/α-hetero) is 1. The highest BCUT2D eigenvalue weighted by molar-refractivity contribution is 7.92. The summed E-state index contributed by atoms with van der Waals surface area (Å²) in [5.74, 6) is -0.967. The number of hydrogen-bond acceptors (Lipinski definition) is 4. The van der Waals surface area contributed by atoms with Crippen LogP contribution in [0.4, 0.5) is 0 Å². The van der Waals surface area contributed by atoms with Crippen molar-refractivity contribution in [2.75, 3.05) is 5.75 Å². The van der Waals surface area contributed by atoms with Crippen molar-refractivity contribution in [2.45, 2.75) is 38.4 Å². The predicted octanol–water partition coefficient (Wildman–Crippen LogP) is 1.08. The Kier molecular flexibility index (Phi) is 3.10. The highest BCUT2D eigenvalue weighted by Gasteiger charge is 2.59. The Morgan fingerprint density at radius 2 is 1.89 bits per heavy atom. The Bertz CT molecular complexity index is 600. The molecule has 1 fully saturated rings. The van der Waals surface area contributed by atoms with Gasteiger partial charge < -0.3 is 0 Å². The van der Waals surface area contributed by atoms with E-state index in [-0.39, 0.29) is 17.2 Å². The van der Waals surface area contributed by atoms with Crippen LogP contribution in [0.15, 0.2) is 11.3 Å². The highest BCUT2D eigenvalue weighted by Crippen LogP contribution is 2.41. The summed E-state index contributed by atoms with van der Waals surface area (Å²) < 4.78 is 24.0. The van der Waals surface area contributed by atoms with E-state index in [2.05, 4.69) is 0 Å². The van der Waals surface area contributed by atoms with E-state index in [0.717, 1.165) is 4.90 Å². The van der Waals surface area contributed by atoms with Crippen molar-refractivity contribution >= 4 is 33.1 Å². The van der Waals surface area contributed by atoms with Crippen molar-refractivity contribution in [1.82, 2.24) is 4.90 Å². The van der Waals surface area contributed by atoms with Gasteiger partial charge in [-0.15, -0.1) is 11.6 Å². The van der Waals surface area contributed by atoms with Gasteiger partial charge >= 0.3 is 0 Å². The summed E-state index contributed by atoms with van der Waals surface area (Å²) in [6, 6.07) is 0. The van der Waals surface area contributed by atoms with Crippen molar-refractivity contribution in [1.29, 1.82) is 0 Å². The van der Waals surface area contributed by atoms with Crippen LogP contribution < -0.4 is 0 Å².